The minimum atomic E-state index is -0.739. The summed E-state index contributed by atoms with van der Waals surface area (Å²) in [4.78, 5) is 14.1. The maximum atomic E-state index is 12.4. The molecule has 1 aliphatic heterocycles. The molecule has 1 aliphatic carbocycles. The molecular weight excluding hydrogens is 334 g/mol. The van der Waals surface area contributed by atoms with Crippen LogP contribution in [0.2, 0.25) is 0 Å². The first-order chi connectivity index (χ1) is 12.5. The van der Waals surface area contributed by atoms with Gasteiger partial charge in [0.2, 0.25) is 0 Å². The molecule has 1 unspecified atom stereocenters. The highest BCUT2D eigenvalue weighted by molar-refractivity contribution is 5.69. The molecule has 3 rings (SSSR count). The summed E-state index contributed by atoms with van der Waals surface area (Å²) in [6.45, 7) is 0.565. The Balaban J connectivity index is 2.00. The molecule has 1 atom stereocenters. The number of amides is 1. The summed E-state index contributed by atoms with van der Waals surface area (Å²) in [5.74, 6) is 1.33. The largest absolute Gasteiger partial charge is 0.493 e. The van der Waals surface area contributed by atoms with E-state index < -0.39 is 5.60 Å². The van der Waals surface area contributed by atoms with E-state index in [2.05, 4.69) is 0 Å². The van der Waals surface area contributed by atoms with Gasteiger partial charge in [0.05, 0.1) is 33.0 Å². The number of nitrogens with zero attached hydrogens (tertiary/aromatic N) is 1. The van der Waals surface area contributed by atoms with E-state index in [1.54, 1.807) is 19.1 Å². The maximum absolute atomic E-state index is 12.4. The lowest BCUT2D eigenvalue weighted by Crippen LogP contribution is -2.44. The maximum Gasteiger partial charge on any atom is 0.410 e. The Kier molecular flexibility index (Phi) is 5.61. The van der Waals surface area contributed by atoms with Gasteiger partial charge in [0.25, 0.3) is 0 Å². The van der Waals surface area contributed by atoms with E-state index in [-0.39, 0.29) is 12.1 Å². The van der Waals surface area contributed by atoms with E-state index in [1.165, 1.54) is 7.11 Å². The normalized spacial score (nSPS) is 21.7. The highest BCUT2D eigenvalue weighted by atomic mass is 16.5. The number of carbonyl (C=O) groups excluding carboxylic acids is 1. The Morgan fingerprint density at radius 2 is 1.81 bits per heavy atom. The van der Waals surface area contributed by atoms with Crippen molar-refractivity contribution in [1.82, 2.24) is 4.90 Å². The molecular formula is C20H29NO5. The Labute approximate surface area is 155 Å². The molecule has 1 heterocycles. The summed E-state index contributed by atoms with van der Waals surface area (Å²) in [6.07, 6.45) is 5.66. The van der Waals surface area contributed by atoms with Gasteiger partial charge in [0.15, 0.2) is 11.5 Å². The van der Waals surface area contributed by atoms with Gasteiger partial charge in [0.1, 0.15) is 0 Å². The lowest BCUT2D eigenvalue weighted by Gasteiger charge is -2.42. The van der Waals surface area contributed by atoms with Crippen LogP contribution in [0.3, 0.4) is 0 Å². The van der Waals surface area contributed by atoms with Crippen molar-refractivity contribution in [3.05, 3.63) is 23.3 Å². The average Bonchev–Trinajstić information content (AvgIpc) is 2.66. The molecule has 0 spiro atoms. The van der Waals surface area contributed by atoms with Crippen LogP contribution >= 0.6 is 0 Å². The smallest absolute Gasteiger partial charge is 0.410 e. The Bertz CT molecular complexity index is 654. The van der Waals surface area contributed by atoms with E-state index >= 15 is 0 Å². The summed E-state index contributed by atoms with van der Waals surface area (Å²) in [5.41, 5.74) is 1.40. The molecule has 1 aromatic carbocycles. The van der Waals surface area contributed by atoms with Crippen molar-refractivity contribution in [1.29, 1.82) is 0 Å². The van der Waals surface area contributed by atoms with E-state index in [0.29, 0.717) is 24.5 Å². The number of methoxy groups -OCH3 is 3. The second-order valence-electron chi connectivity index (χ2n) is 7.32. The number of hydrogen-bond acceptors (Lipinski definition) is 5. The molecule has 2 aliphatic rings. The van der Waals surface area contributed by atoms with Gasteiger partial charge in [-0.25, -0.2) is 4.79 Å². The van der Waals surface area contributed by atoms with Gasteiger partial charge in [-0.2, -0.15) is 0 Å². The summed E-state index contributed by atoms with van der Waals surface area (Å²) in [7, 11) is 4.63. The zero-order valence-corrected chi connectivity index (χ0v) is 15.9. The van der Waals surface area contributed by atoms with Crippen LogP contribution in [0.4, 0.5) is 4.79 Å². The number of rotatable bonds is 4. The Morgan fingerprint density at radius 1 is 1.15 bits per heavy atom. The molecule has 6 nitrogen and oxygen atoms in total. The van der Waals surface area contributed by atoms with Crippen LogP contribution in [0.1, 0.15) is 55.7 Å². The fourth-order valence-electron chi connectivity index (χ4n) is 4.36. The Hall–Kier alpha value is -1.95. The van der Waals surface area contributed by atoms with Gasteiger partial charge in [-0.3, -0.25) is 0 Å². The minimum Gasteiger partial charge on any atom is -0.493 e. The van der Waals surface area contributed by atoms with Gasteiger partial charge in [0, 0.05) is 13.0 Å². The molecule has 0 radical (unpaired) electrons. The van der Waals surface area contributed by atoms with Crippen molar-refractivity contribution >= 4 is 6.09 Å². The number of hydrogen-bond donors (Lipinski definition) is 1. The summed E-state index contributed by atoms with van der Waals surface area (Å²) in [5, 5.41) is 11.1. The van der Waals surface area contributed by atoms with Crippen LogP contribution in [0.15, 0.2) is 12.1 Å². The fraction of sp³-hybridized carbons (Fsp3) is 0.650. The second-order valence-corrected chi connectivity index (χ2v) is 7.32. The third kappa shape index (κ3) is 3.61. The highest BCUT2D eigenvalue weighted by Crippen LogP contribution is 2.44. The van der Waals surface area contributed by atoms with Gasteiger partial charge in [-0.05, 0) is 42.5 Å². The monoisotopic (exact) mass is 363 g/mol. The lowest BCUT2D eigenvalue weighted by atomic mass is 9.77. The number of benzene rings is 1. The van der Waals surface area contributed by atoms with Crippen molar-refractivity contribution in [2.75, 3.05) is 27.9 Å². The van der Waals surface area contributed by atoms with E-state index in [0.717, 1.165) is 49.7 Å². The van der Waals surface area contributed by atoms with E-state index in [9.17, 15) is 9.90 Å². The van der Waals surface area contributed by atoms with Crippen LogP contribution in [-0.2, 0) is 11.2 Å². The van der Waals surface area contributed by atoms with Crippen LogP contribution in [0.5, 0.6) is 11.5 Å². The zero-order chi connectivity index (χ0) is 18.7. The lowest BCUT2D eigenvalue weighted by molar-refractivity contribution is -0.0279. The van der Waals surface area contributed by atoms with Crippen molar-refractivity contribution in [3.8, 4) is 11.5 Å². The van der Waals surface area contributed by atoms with Gasteiger partial charge >= 0.3 is 6.09 Å². The second kappa shape index (κ2) is 7.74. The molecule has 1 N–H and O–H groups in total. The van der Waals surface area contributed by atoms with Crippen LogP contribution < -0.4 is 9.47 Å². The van der Waals surface area contributed by atoms with Crippen LogP contribution in [-0.4, -0.2) is 49.6 Å². The minimum absolute atomic E-state index is 0.228. The molecule has 1 fully saturated rings. The number of ether oxygens (including phenoxy) is 3. The van der Waals surface area contributed by atoms with Crippen LogP contribution in [0, 0.1) is 0 Å². The molecule has 1 saturated carbocycles. The first-order valence-electron chi connectivity index (χ1n) is 9.33. The molecule has 6 heteroatoms. The first kappa shape index (κ1) is 18.8. The molecule has 1 amide bonds. The quantitative estimate of drug-likeness (QED) is 0.887. The Morgan fingerprint density at radius 3 is 2.42 bits per heavy atom. The highest BCUT2D eigenvalue weighted by Gasteiger charge is 2.39. The summed E-state index contributed by atoms with van der Waals surface area (Å²) < 4.78 is 15.9. The standard InChI is InChI=1S/C20H29NO5/c1-24-17-11-14-7-10-21(19(22)26-3)16(15(14)12-18(17)25-2)13-20(23)8-5-4-6-9-20/h11-12,16,23H,4-10,13H2,1-3H3. The van der Waals surface area contributed by atoms with E-state index in [1.807, 2.05) is 12.1 Å². The molecule has 0 saturated heterocycles. The van der Waals surface area contributed by atoms with Gasteiger partial charge in [-0.15, -0.1) is 0 Å². The van der Waals surface area contributed by atoms with Gasteiger partial charge < -0.3 is 24.2 Å². The predicted octanol–water partition coefficient (Wildman–Crippen LogP) is 3.45. The zero-order valence-electron chi connectivity index (χ0n) is 15.9. The van der Waals surface area contributed by atoms with Crippen molar-refractivity contribution in [2.45, 2.75) is 56.6 Å². The molecule has 26 heavy (non-hydrogen) atoms. The fourth-order valence-corrected chi connectivity index (χ4v) is 4.36. The van der Waals surface area contributed by atoms with Crippen molar-refractivity contribution in [2.24, 2.45) is 0 Å². The molecule has 144 valence electrons. The summed E-state index contributed by atoms with van der Waals surface area (Å²) in [6, 6.07) is 3.70. The molecule has 0 aromatic heterocycles. The van der Waals surface area contributed by atoms with Crippen LogP contribution in [0.25, 0.3) is 0 Å². The summed E-state index contributed by atoms with van der Waals surface area (Å²) >= 11 is 0. The molecule has 1 aromatic rings. The third-order valence-electron chi connectivity index (χ3n) is 5.77. The SMILES string of the molecule is COC(=O)N1CCc2cc(OC)c(OC)cc2C1CC1(O)CCCCC1. The van der Waals surface area contributed by atoms with Crippen molar-refractivity contribution < 1.29 is 24.1 Å². The van der Waals surface area contributed by atoms with E-state index in [4.69, 9.17) is 14.2 Å². The number of aliphatic hydroxyl groups is 1. The third-order valence-corrected chi connectivity index (χ3v) is 5.77. The average molecular weight is 363 g/mol. The number of fused-ring (bicyclic) bond motifs is 1. The number of carbonyl (C=O) groups is 1. The van der Waals surface area contributed by atoms with Gasteiger partial charge in [-0.1, -0.05) is 19.3 Å². The first-order valence-corrected chi connectivity index (χ1v) is 9.33. The van der Waals surface area contributed by atoms with Crippen molar-refractivity contribution in [3.63, 3.8) is 0 Å². The molecule has 0 bridgehead atoms. The topological polar surface area (TPSA) is 68.2 Å². The predicted molar refractivity (Wildman–Crippen MR) is 97.8 cm³/mol.